The lowest BCUT2D eigenvalue weighted by molar-refractivity contribution is -0.137. The number of nitrogens with one attached hydrogen (secondary N) is 1. The molecule has 2 amide bonds. The van der Waals surface area contributed by atoms with Crippen LogP contribution in [0.4, 0.5) is 0 Å². The summed E-state index contributed by atoms with van der Waals surface area (Å²) in [7, 11) is 0. The zero-order chi connectivity index (χ0) is 23.4. The zero-order valence-electron chi connectivity index (χ0n) is 20.3. The average molecular weight is 471 g/mol. The molecule has 2 saturated heterocycles. The van der Waals surface area contributed by atoms with E-state index in [1.54, 1.807) is 11.3 Å². The molecule has 1 aliphatic carbocycles. The van der Waals surface area contributed by atoms with Crippen LogP contribution in [0.2, 0.25) is 0 Å². The predicted octanol–water partition coefficient (Wildman–Crippen LogP) is 3.27. The van der Waals surface area contributed by atoms with Gasteiger partial charge in [0.15, 0.2) is 0 Å². The molecule has 7 heteroatoms. The summed E-state index contributed by atoms with van der Waals surface area (Å²) in [6.07, 6.45) is 7.03. The third-order valence-electron chi connectivity index (χ3n) is 6.81. The van der Waals surface area contributed by atoms with Crippen molar-refractivity contribution in [3.63, 3.8) is 0 Å². The topological polar surface area (TPSA) is 55.9 Å². The normalized spacial score (nSPS) is 24.1. The van der Waals surface area contributed by atoms with Crippen molar-refractivity contribution in [2.24, 2.45) is 5.92 Å². The SMILES string of the molecule is CC(C)=C/C=C(\C)CN1CC(N(Cc2cccs2)C(=O)C2CC2)CC1C(=O)N1CCNCC1. The first-order valence-electron chi connectivity index (χ1n) is 12.3. The van der Waals surface area contributed by atoms with Crippen LogP contribution in [-0.4, -0.2) is 77.9 Å². The quantitative estimate of drug-likeness (QED) is 0.593. The van der Waals surface area contributed by atoms with Crippen LogP contribution in [0.1, 0.15) is 44.9 Å². The van der Waals surface area contributed by atoms with Gasteiger partial charge in [-0.2, -0.15) is 0 Å². The Hall–Kier alpha value is -1.96. The number of likely N-dealkylation sites (tertiary alicyclic amines) is 1. The Morgan fingerprint density at radius 1 is 1.18 bits per heavy atom. The van der Waals surface area contributed by atoms with Crippen LogP contribution in [0, 0.1) is 5.92 Å². The van der Waals surface area contributed by atoms with Crippen molar-refractivity contribution in [1.29, 1.82) is 0 Å². The van der Waals surface area contributed by atoms with Crippen molar-refractivity contribution < 1.29 is 9.59 Å². The largest absolute Gasteiger partial charge is 0.339 e. The zero-order valence-corrected chi connectivity index (χ0v) is 21.1. The Morgan fingerprint density at radius 3 is 2.58 bits per heavy atom. The molecule has 0 aromatic carbocycles. The van der Waals surface area contributed by atoms with Gasteiger partial charge in [-0.1, -0.05) is 29.4 Å². The molecule has 0 bridgehead atoms. The van der Waals surface area contributed by atoms with E-state index in [0.29, 0.717) is 6.54 Å². The summed E-state index contributed by atoms with van der Waals surface area (Å²) >= 11 is 1.70. The second kappa shape index (κ2) is 11.0. The Morgan fingerprint density at radius 2 is 1.94 bits per heavy atom. The first-order chi connectivity index (χ1) is 15.9. The highest BCUT2D eigenvalue weighted by Crippen LogP contribution is 2.35. The van der Waals surface area contributed by atoms with E-state index in [9.17, 15) is 9.59 Å². The van der Waals surface area contributed by atoms with Crippen LogP contribution in [0.15, 0.2) is 40.8 Å². The number of thiophene rings is 1. The lowest BCUT2D eigenvalue weighted by Gasteiger charge is -2.33. The lowest BCUT2D eigenvalue weighted by Crippen LogP contribution is -2.52. The molecule has 2 aliphatic heterocycles. The molecule has 3 aliphatic rings. The van der Waals surface area contributed by atoms with Crippen molar-refractivity contribution in [1.82, 2.24) is 20.0 Å². The molecule has 3 heterocycles. The number of allylic oxidation sites excluding steroid dienone is 3. The molecule has 1 aromatic rings. The number of amides is 2. The van der Waals surface area contributed by atoms with E-state index in [2.05, 4.69) is 65.6 Å². The number of carbonyl (C=O) groups is 2. The fourth-order valence-electron chi connectivity index (χ4n) is 4.84. The molecule has 0 radical (unpaired) electrons. The van der Waals surface area contributed by atoms with Crippen LogP contribution in [0.25, 0.3) is 0 Å². The molecule has 6 nitrogen and oxygen atoms in total. The highest BCUT2D eigenvalue weighted by atomic mass is 32.1. The third kappa shape index (κ3) is 6.34. The summed E-state index contributed by atoms with van der Waals surface area (Å²) in [5, 5.41) is 5.42. The van der Waals surface area contributed by atoms with Gasteiger partial charge in [0.1, 0.15) is 0 Å². The summed E-state index contributed by atoms with van der Waals surface area (Å²) < 4.78 is 0. The fraction of sp³-hybridized carbons (Fsp3) is 0.615. The van der Waals surface area contributed by atoms with Gasteiger partial charge < -0.3 is 15.1 Å². The third-order valence-corrected chi connectivity index (χ3v) is 7.67. The number of hydrogen-bond donors (Lipinski definition) is 1. The molecule has 0 spiro atoms. The summed E-state index contributed by atoms with van der Waals surface area (Å²) in [5.41, 5.74) is 2.51. The first kappa shape index (κ1) is 24.2. The number of nitrogens with zero attached hydrogens (tertiary/aromatic N) is 3. The molecule has 2 unspecified atom stereocenters. The predicted molar refractivity (Wildman–Crippen MR) is 134 cm³/mol. The minimum Gasteiger partial charge on any atom is -0.339 e. The van der Waals surface area contributed by atoms with Crippen molar-refractivity contribution in [3.05, 3.63) is 45.7 Å². The molecule has 1 saturated carbocycles. The number of rotatable bonds is 8. The maximum atomic E-state index is 13.6. The maximum Gasteiger partial charge on any atom is 0.240 e. The standard InChI is InChI=1S/C26H38N4O2S/c1-19(2)6-7-20(3)16-29-17-22(15-24(29)26(32)28-12-10-27-11-13-28)30(25(31)21-8-9-21)18-23-5-4-14-33-23/h4-7,14,21-22,24,27H,8-13,15-18H2,1-3H3/b20-7+. The first-order valence-corrected chi connectivity index (χ1v) is 13.2. The number of carbonyl (C=O) groups excluding carboxylic acids is 2. The molecule has 1 aromatic heterocycles. The van der Waals surface area contributed by atoms with Gasteiger partial charge in [0, 0.05) is 56.1 Å². The minimum atomic E-state index is -0.166. The molecule has 1 N–H and O–H groups in total. The van der Waals surface area contributed by atoms with Crippen LogP contribution < -0.4 is 5.32 Å². The number of piperazine rings is 1. The monoisotopic (exact) mass is 470 g/mol. The van der Waals surface area contributed by atoms with E-state index in [4.69, 9.17) is 0 Å². The minimum absolute atomic E-state index is 0.0771. The highest BCUT2D eigenvalue weighted by Gasteiger charge is 2.44. The van der Waals surface area contributed by atoms with Gasteiger partial charge in [-0.05, 0) is 51.5 Å². The molecule has 3 fully saturated rings. The Balaban J connectivity index is 1.54. The average Bonchev–Trinajstić information content (AvgIpc) is 3.38. The molecule has 4 rings (SSSR count). The molecular formula is C26H38N4O2S. The van der Waals surface area contributed by atoms with Gasteiger partial charge >= 0.3 is 0 Å². The maximum absolute atomic E-state index is 13.6. The van der Waals surface area contributed by atoms with Gasteiger partial charge in [-0.15, -0.1) is 11.3 Å². The van der Waals surface area contributed by atoms with E-state index < -0.39 is 0 Å². The second-order valence-electron chi connectivity index (χ2n) is 9.99. The van der Waals surface area contributed by atoms with Crippen LogP contribution >= 0.6 is 11.3 Å². The second-order valence-corrected chi connectivity index (χ2v) is 11.0. The molecular weight excluding hydrogens is 432 g/mol. The van der Waals surface area contributed by atoms with Crippen LogP contribution in [0.5, 0.6) is 0 Å². The van der Waals surface area contributed by atoms with Gasteiger partial charge in [0.05, 0.1) is 12.6 Å². The van der Waals surface area contributed by atoms with Crippen molar-refractivity contribution in [2.75, 3.05) is 39.3 Å². The summed E-state index contributed by atoms with van der Waals surface area (Å²) in [5.74, 6) is 0.685. The Kier molecular flexibility index (Phi) is 8.04. The molecule has 33 heavy (non-hydrogen) atoms. The smallest absolute Gasteiger partial charge is 0.240 e. The van der Waals surface area contributed by atoms with E-state index in [1.807, 2.05) is 4.90 Å². The molecule has 2 atom stereocenters. The van der Waals surface area contributed by atoms with Gasteiger partial charge in [0.2, 0.25) is 11.8 Å². The van der Waals surface area contributed by atoms with E-state index in [1.165, 1.54) is 16.0 Å². The van der Waals surface area contributed by atoms with Crippen LogP contribution in [-0.2, 0) is 16.1 Å². The Bertz CT molecular complexity index is 880. The van der Waals surface area contributed by atoms with Gasteiger partial charge in [0.25, 0.3) is 0 Å². The van der Waals surface area contributed by atoms with Gasteiger partial charge in [-0.25, -0.2) is 0 Å². The Labute approximate surface area is 202 Å². The van der Waals surface area contributed by atoms with Crippen molar-refractivity contribution in [3.8, 4) is 0 Å². The van der Waals surface area contributed by atoms with E-state index >= 15 is 0 Å². The summed E-state index contributed by atoms with van der Waals surface area (Å²) in [6, 6.07) is 4.07. The fourth-order valence-corrected chi connectivity index (χ4v) is 5.54. The van der Waals surface area contributed by atoms with Gasteiger partial charge in [-0.3, -0.25) is 14.5 Å². The lowest BCUT2D eigenvalue weighted by atomic mass is 10.1. The van der Waals surface area contributed by atoms with E-state index in [0.717, 1.165) is 58.5 Å². The van der Waals surface area contributed by atoms with E-state index in [-0.39, 0.29) is 29.8 Å². The van der Waals surface area contributed by atoms with Crippen molar-refractivity contribution in [2.45, 2.75) is 58.7 Å². The summed E-state index contributed by atoms with van der Waals surface area (Å²) in [4.78, 5) is 34.5. The summed E-state index contributed by atoms with van der Waals surface area (Å²) in [6.45, 7) is 11.7. The van der Waals surface area contributed by atoms with Crippen molar-refractivity contribution >= 4 is 23.2 Å². The number of hydrogen-bond acceptors (Lipinski definition) is 5. The van der Waals surface area contributed by atoms with Crippen LogP contribution in [0.3, 0.4) is 0 Å². The highest BCUT2D eigenvalue weighted by molar-refractivity contribution is 7.09. The molecule has 180 valence electrons.